The van der Waals surface area contributed by atoms with Gasteiger partial charge in [-0.1, -0.05) is 46.3 Å². The van der Waals surface area contributed by atoms with Crippen molar-refractivity contribution in [1.82, 2.24) is 5.32 Å². The Balaban J connectivity index is 1.81. The van der Waals surface area contributed by atoms with Gasteiger partial charge in [0.2, 0.25) is 0 Å². The van der Waals surface area contributed by atoms with Crippen LogP contribution in [-0.4, -0.2) is 20.3 Å². The summed E-state index contributed by atoms with van der Waals surface area (Å²) in [6, 6.07) is 16.3. The van der Waals surface area contributed by atoms with Crippen molar-refractivity contribution in [2.24, 2.45) is 0 Å². The predicted octanol–water partition coefficient (Wildman–Crippen LogP) is 3.76. The molecule has 0 saturated carbocycles. The van der Waals surface area contributed by atoms with E-state index in [0.717, 1.165) is 35.5 Å². The number of benzene rings is 2. The van der Waals surface area contributed by atoms with Crippen molar-refractivity contribution in [3.8, 4) is 5.75 Å². The van der Waals surface area contributed by atoms with Crippen molar-refractivity contribution in [2.45, 2.75) is 13.2 Å². The van der Waals surface area contributed by atoms with E-state index in [1.54, 1.807) is 7.11 Å². The lowest BCUT2D eigenvalue weighted by atomic mass is 10.2. The molecule has 112 valence electrons. The zero-order chi connectivity index (χ0) is 14.9. The molecule has 2 aromatic rings. The number of nitrogens with one attached hydrogen (secondary N) is 1. The molecular weight excluding hydrogens is 330 g/mol. The third-order valence-corrected chi connectivity index (χ3v) is 3.86. The van der Waals surface area contributed by atoms with Gasteiger partial charge >= 0.3 is 0 Å². The summed E-state index contributed by atoms with van der Waals surface area (Å²) in [7, 11) is 1.71. The molecule has 0 saturated heterocycles. The van der Waals surface area contributed by atoms with Gasteiger partial charge in [-0.25, -0.2) is 0 Å². The van der Waals surface area contributed by atoms with Gasteiger partial charge in [0.15, 0.2) is 0 Å². The Bertz CT molecular complexity index is 543. The molecule has 0 radical (unpaired) electrons. The molecule has 0 fully saturated rings. The maximum atomic E-state index is 5.80. The molecule has 0 heterocycles. The standard InChI is InChI=1S/C17H20BrNO2/c1-20-11-10-19-12-14-6-8-16(9-7-14)21-13-15-4-2-3-5-17(15)18/h2-9,19H,10-13H2,1H3. The van der Waals surface area contributed by atoms with Crippen molar-refractivity contribution >= 4 is 15.9 Å². The van der Waals surface area contributed by atoms with E-state index < -0.39 is 0 Å². The van der Waals surface area contributed by atoms with Gasteiger partial charge in [-0.15, -0.1) is 0 Å². The summed E-state index contributed by atoms with van der Waals surface area (Å²) in [4.78, 5) is 0. The van der Waals surface area contributed by atoms with Crippen LogP contribution in [0.3, 0.4) is 0 Å². The van der Waals surface area contributed by atoms with Gasteiger partial charge in [-0.2, -0.15) is 0 Å². The van der Waals surface area contributed by atoms with Gasteiger partial charge in [-0.3, -0.25) is 0 Å². The van der Waals surface area contributed by atoms with Crippen LogP contribution in [0.4, 0.5) is 0 Å². The minimum absolute atomic E-state index is 0.562. The molecule has 4 heteroatoms. The number of halogens is 1. The van der Waals surface area contributed by atoms with E-state index in [9.17, 15) is 0 Å². The molecule has 0 bridgehead atoms. The molecule has 0 atom stereocenters. The van der Waals surface area contributed by atoms with Crippen LogP contribution in [0.2, 0.25) is 0 Å². The summed E-state index contributed by atoms with van der Waals surface area (Å²) in [5.74, 6) is 0.881. The minimum atomic E-state index is 0.562. The van der Waals surface area contributed by atoms with Crippen LogP contribution in [0.1, 0.15) is 11.1 Å². The molecule has 0 aliphatic carbocycles. The Morgan fingerprint density at radius 2 is 1.81 bits per heavy atom. The van der Waals surface area contributed by atoms with Crippen LogP contribution in [0.15, 0.2) is 53.0 Å². The number of rotatable bonds is 8. The van der Waals surface area contributed by atoms with Crippen LogP contribution >= 0.6 is 15.9 Å². The number of ether oxygens (including phenoxy) is 2. The maximum absolute atomic E-state index is 5.80. The van der Waals surface area contributed by atoms with Crippen molar-refractivity contribution < 1.29 is 9.47 Å². The summed E-state index contributed by atoms with van der Waals surface area (Å²) in [6.45, 7) is 2.99. The average molecular weight is 350 g/mol. The van der Waals surface area contributed by atoms with Gasteiger partial charge in [0.1, 0.15) is 12.4 Å². The number of hydrogen-bond donors (Lipinski definition) is 1. The van der Waals surface area contributed by atoms with E-state index in [1.165, 1.54) is 5.56 Å². The maximum Gasteiger partial charge on any atom is 0.119 e. The third kappa shape index (κ3) is 5.50. The number of methoxy groups -OCH3 is 1. The molecule has 1 N–H and O–H groups in total. The summed E-state index contributed by atoms with van der Waals surface area (Å²) in [6.07, 6.45) is 0. The predicted molar refractivity (Wildman–Crippen MR) is 88.5 cm³/mol. The van der Waals surface area contributed by atoms with Crippen LogP contribution in [0.5, 0.6) is 5.75 Å². The summed E-state index contributed by atoms with van der Waals surface area (Å²) >= 11 is 3.52. The first-order valence-electron chi connectivity index (χ1n) is 6.94. The normalized spacial score (nSPS) is 10.6. The molecule has 0 spiro atoms. The van der Waals surface area contributed by atoms with Gasteiger partial charge in [0.25, 0.3) is 0 Å². The fraction of sp³-hybridized carbons (Fsp3) is 0.294. The second kappa shape index (κ2) is 8.82. The molecular formula is C17H20BrNO2. The van der Waals surface area contributed by atoms with E-state index >= 15 is 0 Å². The fourth-order valence-corrected chi connectivity index (χ4v) is 2.29. The first kappa shape index (κ1) is 16.0. The highest BCUT2D eigenvalue weighted by Crippen LogP contribution is 2.19. The zero-order valence-corrected chi connectivity index (χ0v) is 13.7. The average Bonchev–Trinajstić information content (AvgIpc) is 2.52. The molecule has 21 heavy (non-hydrogen) atoms. The summed E-state index contributed by atoms with van der Waals surface area (Å²) in [5, 5.41) is 3.32. The smallest absolute Gasteiger partial charge is 0.119 e. The molecule has 2 rings (SSSR count). The lowest BCUT2D eigenvalue weighted by Gasteiger charge is -2.09. The number of hydrogen-bond acceptors (Lipinski definition) is 3. The topological polar surface area (TPSA) is 30.5 Å². The quantitative estimate of drug-likeness (QED) is 0.736. The van der Waals surface area contributed by atoms with Crippen LogP contribution in [0, 0.1) is 0 Å². The monoisotopic (exact) mass is 349 g/mol. The van der Waals surface area contributed by atoms with Crippen molar-refractivity contribution in [1.29, 1.82) is 0 Å². The second-order valence-electron chi connectivity index (χ2n) is 4.69. The zero-order valence-electron chi connectivity index (χ0n) is 12.1. The van der Waals surface area contributed by atoms with Crippen molar-refractivity contribution in [3.05, 3.63) is 64.1 Å². The molecule has 0 aliphatic rings. The van der Waals surface area contributed by atoms with Gasteiger partial charge in [-0.05, 0) is 23.8 Å². The molecule has 0 aliphatic heterocycles. The molecule has 0 amide bonds. The van der Waals surface area contributed by atoms with E-state index in [4.69, 9.17) is 9.47 Å². The van der Waals surface area contributed by atoms with Crippen LogP contribution in [0.25, 0.3) is 0 Å². The SMILES string of the molecule is COCCNCc1ccc(OCc2ccccc2Br)cc1. The lowest BCUT2D eigenvalue weighted by molar-refractivity contribution is 0.199. The minimum Gasteiger partial charge on any atom is -0.489 e. The first-order valence-corrected chi connectivity index (χ1v) is 7.73. The van der Waals surface area contributed by atoms with Crippen LogP contribution < -0.4 is 10.1 Å². The highest BCUT2D eigenvalue weighted by Gasteiger charge is 2.00. The Morgan fingerprint density at radius 1 is 1.05 bits per heavy atom. The van der Waals surface area contributed by atoms with Gasteiger partial charge in [0.05, 0.1) is 6.61 Å². The summed E-state index contributed by atoms with van der Waals surface area (Å²) < 4.78 is 11.9. The molecule has 3 nitrogen and oxygen atoms in total. The first-order chi connectivity index (χ1) is 10.3. The highest BCUT2D eigenvalue weighted by atomic mass is 79.9. The molecule has 0 aromatic heterocycles. The van der Waals surface area contributed by atoms with E-state index in [1.807, 2.05) is 30.3 Å². The van der Waals surface area contributed by atoms with E-state index in [-0.39, 0.29) is 0 Å². The largest absolute Gasteiger partial charge is 0.489 e. The van der Waals surface area contributed by atoms with E-state index in [2.05, 4.69) is 39.4 Å². The molecule has 0 unspecified atom stereocenters. The lowest BCUT2D eigenvalue weighted by Crippen LogP contribution is -2.18. The summed E-state index contributed by atoms with van der Waals surface area (Å²) in [5.41, 5.74) is 2.38. The Morgan fingerprint density at radius 3 is 2.52 bits per heavy atom. The Labute approximate surface area is 134 Å². The Hall–Kier alpha value is -1.36. The van der Waals surface area contributed by atoms with E-state index in [0.29, 0.717) is 6.61 Å². The van der Waals surface area contributed by atoms with Crippen molar-refractivity contribution in [3.63, 3.8) is 0 Å². The van der Waals surface area contributed by atoms with Crippen LogP contribution in [-0.2, 0) is 17.9 Å². The fourth-order valence-electron chi connectivity index (χ4n) is 1.89. The third-order valence-electron chi connectivity index (χ3n) is 3.09. The highest BCUT2D eigenvalue weighted by molar-refractivity contribution is 9.10. The van der Waals surface area contributed by atoms with Crippen molar-refractivity contribution in [2.75, 3.05) is 20.3 Å². The second-order valence-corrected chi connectivity index (χ2v) is 5.55. The van der Waals surface area contributed by atoms with Gasteiger partial charge < -0.3 is 14.8 Å². The van der Waals surface area contributed by atoms with Gasteiger partial charge in [0, 0.05) is 30.2 Å². The molecule has 2 aromatic carbocycles. The Kier molecular flexibility index (Phi) is 6.73.